The van der Waals surface area contributed by atoms with E-state index in [0.717, 1.165) is 23.4 Å². The molecule has 0 unspecified atom stereocenters. The Balaban J connectivity index is 1.55. The Labute approximate surface area is 198 Å². The lowest BCUT2D eigenvalue weighted by Crippen LogP contribution is -2.40. The highest BCUT2D eigenvalue weighted by atomic mass is 32.1. The van der Waals surface area contributed by atoms with E-state index in [-0.39, 0.29) is 12.4 Å². The molecule has 0 spiro atoms. The van der Waals surface area contributed by atoms with Crippen LogP contribution in [0.1, 0.15) is 12.5 Å². The third-order valence-electron chi connectivity index (χ3n) is 5.30. The van der Waals surface area contributed by atoms with E-state index in [1.807, 2.05) is 62.3 Å². The highest BCUT2D eigenvalue weighted by Gasteiger charge is 2.17. The van der Waals surface area contributed by atoms with Crippen molar-refractivity contribution in [3.8, 4) is 17.2 Å². The molecule has 0 bridgehead atoms. The lowest BCUT2D eigenvalue weighted by Gasteiger charge is -2.27. The summed E-state index contributed by atoms with van der Waals surface area (Å²) in [4.78, 5) is 19.9. The largest absolute Gasteiger partial charge is 0.494 e. The van der Waals surface area contributed by atoms with E-state index in [1.165, 1.54) is 0 Å². The van der Waals surface area contributed by atoms with Crippen LogP contribution in [0.25, 0.3) is 10.9 Å². The van der Waals surface area contributed by atoms with Gasteiger partial charge in [-0.05, 0) is 69.6 Å². The summed E-state index contributed by atoms with van der Waals surface area (Å²) in [5.74, 6) is 2.12. The standard InChI is InChI=1S/C24H28N4O4S/c1-4-30-19-7-5-18(6-8-19)25-24(33)28(10-9-27(2)3)14-17-11-16-12-21-22(32-15-31-21)13-20(16)26-23(17)29/h5-8,11-13H,4,9-10,14-15H2,1-3H3,(H,25,33)(H,26,29). The Hall–Kier alpha value is -3.30. The van der Waals surface area contributed by atoms with Gasteiger partial charge in [-0.25, -0.2) is 0 Å². The molecule has 2 aromatic carbocycles. The summed E-state index contributed by atoms with van der Waals surface area (Å²) < 4.78 is 16.4. The van der Waals surface area contributed by atoms with E-state index >= 15 is 0 Å². The van der Waals surface area contributed by atoms with Crippen molar-refractivity contribution in [2.75, 3.05) is 45.9 Å². The first kappa shape index (κ1) is 22.9. The Bertz CT molecular complexity index is 1190. The summed E-state index contributed by atoms with van der Waals surface area (Å²) >= 11 is 5.71. The van der Waals surface area contributed by atoms with Gasteiger partial charge in [0.15, 0.2) is 16.6 Å². The van der Waals surface area contributed by atoms with Crippen LogP contribution in [0.2, 0.25) is 0 Å². The second kappa shape index (κ2) is 10.1. The smallest absolute Gasteiger partial charge is 0.253 e. The number of hydrogen-bond donors (Lipinski definition) is 2. The summed E-state index contributed by atoms with van der Waals surface area (Å²) in [7, 11) is 4.01. The van der Waals surface area contributed by atoms with Crippen LogP contribution in [0.3, 0.4) is 0 Å². The van der Waals surface area contributed by atoms with Gasteiger partial charge in [-0.2, -0.15) is 0 Å². The molecule has 0 fully saturated rings. The minimum Gasteiger partial charge on any atom is -0.494 e. The maximum Gasteiger partial charge on any atom is 0.253 e. The van der Waals surface area contributed by atoms with Crippen LogP contribution in [0.4, 0.5) is 5.69 Å². The van der Waals surface area contributed by atoms with Crippen LogP contribution in [-0.4, -0.2) is 60.5 Å². The number of H-pyrrole nitrogens is 1. The summed E-state index contributed by atoms with van der Waals surface area (Å²) in [6, 6.07) is 13.2. The van der Waals surface area contributed by atoms with Crippen molar-refractivity contribution in [3.63, 3.8) is 0 Å². The van der Waals surface area contributed by atoms with E-state index < -0.39 is 0 Å². The fourth-order valence-corrected chi connectivity index (χ4v) is 3.81. The van der Waals surface area contributed by atoms with Crippen molar-refractivity contribution in [1.82, 2.24) is 14.8 Å². The molecule has 0 atom stereocenters. The minimum atomic E-state index is -0.153. The van der Waals surface area contributed by atoms with Crippen molar-refractivity contribution in [2.45, 2.75) is 13.5 Å². The van der Waals surface area contributed by atoms with Gasteiger partial charge >= 0.3 is 0 Å². The van der Waals surface area contributed by atoms with Gasteiger partial charge in [0, 0.05) is 35.8 Å². The third kappa shape index (κ3) is 5.55. The van der Waals surface area contributed by atoms with Crippen molar-refractivity contribution in [3.05, 3.63) is 58.4 Å². The molecule has 2 N–H and O–H groups in total. The van der Waals surface area contributed by atoms with Gasteiger partial charge in [-0.15, -0.1) is 0 Å². The van der Waals surface area contributed by atoms with Crippen LogP contribution >= 0.6 is 12.2 Å². The molecular formula is C24H28N4O4S. The van der Waals surface area contributed by atoms with Gasteiger partial charge in [0.1, 0.15) is 5.75 Å². The molecule has 2 heterocycles. The molecule has 0 aliphatic carbocycles. The average molecular weight is 469 g/mol. The molecule has 33 heavy (non-hydrogen) atoms. The minimum absolute atomic E-state index is 0.153. The predicted molar refractivity (Wildman–Crippen MR) is 133 cm³/mol. The zero-order chi connectivity index (χ0) is 23.4. The summed E-state index contributed by atoms with van der Waals surface area (Å²) in [5.41, 5.74) is 2.04. The van der Waals surface area contributed by atoms with Crippen molar-refractivity contribution in [1.29, 1.82) is 0 Å². The molecule has 8 nitrogen and oxygen atoms in total. The molecule has 0 amide bonds. The van der Waals surface area contributed by atoms with Gasteiger partial charge in [0.05, 0.1) is 18.7 Å². The number of likely N-dealkylation sites (N-methyl/N-ethyl adjacent to an activating group) is 1. The quantitative estimate of drug-likeness (QED) is 0.487. The topological polar surface area (TPSA) is 79.1 Å². The first-order valence-corrected chi connectivity index (χ1v) is 11.2. The maximum absolute atomic E-state index is 12.8. The number of thiocarbonyl (C=S) groups is 1. The van der Waals surface area contributed by atoms with E-state index in [2.05, 4.69) is 15.2 Å². The van der Waals surface area contributed by atoms with E-state index in [0.29, 0.717) is 47.4 Å². The lowest BCUT2D eigenvalue weighted by molar-refractivity contribution is 0.174. The Kier molecular flexibility index (Phi) is 7.00. The number of nitrogens with one attached hydrogen (secondary N) is 2. The second-order valence-electron chi connectivity index (χ2n) is 8.03. The van der Waals surface area contributed by atoms with Crippen LogP contribution in [0.15, 0.2) is 47.3 Å². The monoisotopic (exact) mass is 468 g/mol. The highest BCUT2D eigenvalue weighted by Crippen LogP contribution is 2.35. The van der Waals surface area contributed by atoms with E-state index in [4.69, 9.17) is 26.4 Å². The van der Waals surface area contributed by atoms with Crippen molar-refractivity contribution >= 4 is 33.9 Å². The second-order valence-corrected chi connectivity index (χ2v) is 8.42. The SMILES string of the molecule is CCOc1ccc(NC(=S)N(CCN(C)C)Cc2cc3cc4c(cc3[nH]c2=O)OCO4)cc1. The molecular weight excluding hydrogens is 440 g/mol. The molecule has 0 radical (unpaired) electrons. The Morgan fingerprint density at radius 1 is 1.12 bits per heavy atom. The number of benzene rings is 2. The fourth-order valence-electron chi connectivity index (χ4n) is 3.54. The zero-order valence-corrected chi connectivity index (χ0v) is 19.8. The van der Waals surface area contributed by atoms with E-state index in [1.54, 1.807) is 6.07 Å². The number of pyridine rings is 1. The summed E-state index contributed by atoms with van der Waals surface area (Å²) in [5, 5.41) is 4.71. The van der Waals surface area contributed by atoms with Crippen LogP contribution in [0, 0.1) is 0 Å². The predicted octanol–water partition coefficient (Wildman–Crippen LogP) is 3.42. The molecule has 174 valence electrons. The van der Waals surface area contributed by atoms with Gasteiger partial charge < -0.3 is 34.3 Å². The molecule has 4 rings (SSSR count). The third-order valence-corrected chi connectivity index (χ3v) is 5.66. The first-order valence-electron chi connectivity index (χ1n) is 10.8. The van der Waals surface area contributed by atoms with Gasteiger partial charge in [0.2, 0.25) is 6.79 Å². The molecule has 1 aromatic heterocycles. The fraction of sp³-hybridized carbons (Fsp3) is 0.333. The van der Waals surface area contributed by atoms with Crippen LogP contribution in [0.5, 0.6) is 17.2 Å². The van der Waals surface area contributed by atoms with E-state index in [9.17, 15) is 4.79 Å². The molecule has 3 aromatic rings. The normalized spacial score (nSPS) is 12.2. The maximum atomic E-state index is 12.8. The van der Waals surface area contributed by atoms with Crippen LogP contribution in [-0.2, 0) is 6.54 Å². The van der Waals surface area contributed by atoms with Gasteiger partial charge in [-0.3, -0.25) is 4.79 Å². The number of anilines is 1. The number of rotatable bonds is 8. The Morgan fingerprint density at radius 3 is 2.55 bits per heavy atom. The van der Waals surface area contributed by atoms with Gasteiger partial charge in [-0.1, -0.05) is 0 Å². The molecule has 9 heteroatoms. The molecule has 1 aliphatic rings. The number of aromatic nitrogens is 1. The Morgan fingerprint density at radius 2 is 1.85 bits per heavy atom. The molecule has 1 aliphatic heterocycles. The molecule has 0 saturated heterocycles. The average Bonchev–Trinajstić information content (AvgIpc) is 3.24. The number of fused-ring (bicyclic) bond motifs is 2. The number of ether oxygens (including phenoxy) is 3. The van der Waals surface area contributed by atoms with Crippen LogP contribution < -0.4 is 25.1 Å². The number of hydrogen-bond acceptors (Lipinski definition) is 6. The molecule has 0 saturated carbocycles. The first-order chi connectivity index (χ1) is 15.9. The summed E-state index contributed by atoms with van der Waals surface area (Å²) in [6.07, 6.45) is 0. The van der Waals surface area contributed by atoms with Gasteiger partial charge in [0.25, 0.3) is 5.56 Å². The number of nitrogens with zero attached hydrogens (tertiary/aromatic N) is 2. The van der Waals surface area contributed by atoms with Crippen molar-refractivity contribution < 1.29 is 14.2 Å². The van der Waals surface area contributed by atoms with Crippen molar-refractivity contribution in [2.24, 2.45) is 0 Å². The lowest BCUT2D eigenvalue weighted by atomic mass is 10.1. The number of aromatic amines is 1. The zero-order valence-electron chi connectivity index (χ0n) is 19.0. The highest BCUT2D eigenvalue weighted by molar-refractivity contribution is 7.80. The summed E-state index contributed by atoms with van der Waals surface area (Å²) in [6.45, 7) is 4.57.